The highest BCUT2D eigenvalue weighted by Crippen LogP contribution is 2.28. The molecule has 0 aliphatic rings. The molecule has 3 aromatic carbocycles. The molecule has 1 amide bonds. The van der Waals surface area contributed by atoms with E-state index in [0.29, 0.717) is 41.6 Å². The highest BCUT2D eigenvalue weighted by Gasteiger charge is 2.11. The van der Waals surface area contributed by atoms with Gasteiger partial charge < -0.3 is 14.2 Å². The van der Waals surface area contributed by atoms with Crippen molar-refractivity contribution in [3.05, 3.63) is 106 Å². The summed E-state index contributed by atoms with van der Waals surface area (Å²) in [5.74, 6) is 1.11. The van der Waals surface area contributed by atoms with Crippen LogP contribution < -0.4 is 19.6 Å². The van der Waals surface area contributed by atoms with Crippen LogP contribution in [0.1, 0.15) is 28.4 Å². The number of non-ortho nitro benzene ring substituents is 1. The van der Waals surface area contributed by atoms with E-state index < -0.39 is 10.8 Å². The number of carbonyl (C=O) groups excluding carboxylic acids is 1. The third-order valence-electron chi connectivity index (χ3n) is 4.69. The molecule has 0 bridgehead atoms. The number of hydrazone groups is 1. The third-order valence-corrected chi connectivity index (χ3v) is 4.69. The van der Waals surface area contributed by atoms with Crippen LogP contribution in [0.25, 0.3) is 0 Å². The van der Waals surface area contributed by atoms with Gasteiger partial charge >= 0.3 is 0 Å². The number of para-hydroxylation sites is 1. The summed E-state index contributed by atoms with van der Waals surface area (Å²) < 4.78 is 17.0. The fourth-order valence-corrected chi connectivity index (χ4v) is 3.00. The van der Waals surface area contributed by atoms with Gasteiger partial charge in [0, 0.05) is 23.3 Å². The van der Waals surface area contributed by atoms with Crippen LogP contribution in [0.15, 0.2) is 84.5 Å². The molecular weight excluding hydrogens is 450 g/mol. The average Bonchev–Trinajstić information content (AvgIpc) is 2.87. The number of nitrogens with zero attached hydrogens (tertiary/aromatic N) is 2. The van der Waals surface area contributed by atoms with Gasteiger partial charge in [-0.3, -0.25) is 14.9 Å². The second-order valence-electron chi connectivity index (χ2n) is 7.14. The Hall–Kier alpha value is -4.66. The Balaban J connectivity index is 1.64. The van der Waals surface area contributed by atoms with Crippen molar-refractivity contribution in [3.63, 3.8) is 0 Å². The number of hydrogen-bond acceptors (Lipinski definition) is 7. The van der Waals surface area contributed by atoms with Crippen LogP contribution in [-0.4, -0.2) is 30.3 Å². The lowest BCUT2D eigenvalue weighted by molar-refractivity contribution is -0.384. The number of rotatable bonds is 12. The monoisotopic (exact) mass is 475 g/mol. The maximum Gasteiger partial charge on any atom is 0.271 e. The number of carbonyl (C=O) groups is 1. The summed E-state index contributed by atoms with van der Waals surface area (Å²) in [6.07, 6.45) is 3.10. The molecule has 3 aromatic rings. The van der Waals surface area contributed by atoms with E-state index in [4.69, 9.17) is 14.2 Å². The van der Waals surface area contributed by atoms with E-state index in [1.165, 1.54) is 18.3 Å². The van der Waals surface area contributed by atoms with Crippen LogP contribution in [-0.2, 0) is 6.61 Å². The van der Waals surface area contributed by atoms with E-state index in [0.717, 1.165) is 5.56 Å². The molecule has 0 atom stereocenters. The van der Waals surface area contributed by atoms with Crippen molar-refractivity contribution >= 4 is 17.8 Å². The zero-order chi connectivity index (χ0) is 25.0. The minimum atomic E-state index is -0.451. The molecule has 0 saturated heterocycles. The SMILES string of the molecule is C=CCOc1ccc(C(=O)N/N=C/c2ccccc2OCc2ccc([N+](=O)[O-])cc2)cc1OCC. The fraction of sp³-hybridized carbons (Fsp3) is 0.154. The van der Waals surface area contributed by atoms with E-state index in [-0.39, 0.29) is 12.3 Å². The van der Waals surface area contributed by atoms with Gasteiger partial charge in [-0.25, -0.2) is 5.43 Å². The molecule has 0 radical (unpaired) electrons. The van der Waals surface area contributed by atoms with Crippen molar-refractivity contribution < 1.29 is 23.9 Å². The molecule has 3 rings (SSSR count). The van der Waals surface area contributed by atoms with Gasteiger partial charge in [0.2, 0.25) is 0 Å². The van der Waals surface area contributed by atoms with E-state index in [1.807, 2.05) is 19.1 Å². The van der Waals surface area contributed by atoms with Crippen LogP contribution in [0.2, 0.25) is 0 Å². The van der Waals surface area contributed by atoms with Crippen molar-refractivity contribution in [1.82, 2.24) is 5.43 Å². The smallest absolute Gasteiger partial charge is 0.271 e. The lowest BCUT2D eigenvalue weighted by Gasteiger charge is -2.12. The first kappa shape index (κ1) is 25.0. The summed E-state index contributed by atoms with van der Waals surface area (Å²) in [4.78, 5) is 22.9. The zero-order valence-corrected chi connectivity index (χ0v) is 19.2. The molecule has 9 heteroatoms. The molecule has 0 heterocycles. The number of nitrogens with one attached hydrogen (secondary N) is 1. The predicted molar refractivity (Wildman–Crippen MR) is 132 cm³/mol. The van der Waals surface area contributed by atoms with Gasteiger partial charge in [0.15, 0.2) is 11.5 Å². The number of nitro benzene ring substituents is 1. The summed E-state index contributed by atoms with van der Waals surface area (Å²) in [6, 6.07) is 18.2. The van der Waals surface area contributed by atoms with Gasteiger partial charge in [0.25, 0.3) is 11.6 Å². The van der Waals surface area contributed by atoms with E-state index in [2.05, 4.69) is 17.1 Å². The summed E-state index contributed by atoms with van der Waals surface area (Å²) in [5.41, 5.74) is 4.30. The maximum absolute atomic E-state index is 12.6. The Morgan fingerprint density at radius 1 is 1.03 bits per heavy atom. The summed E-state index contributed by atoms with van der Waals surface area (Å²) in [5, 5.41) is 14.8. The Labute approximate surface area is 202 Å². The van der Waals surface area contributed by atoms with Crippen molar-refractivity contribution in [1.29, 1.82) is 0 Å². The Kier molecular flexibility index (Phi) is 8.95. The lowest BCUT2D eigenvalue weighted by atomic mass is 10.2. The van der Waals surface area contributed by atoms with Crippen molar-refractivity contribution in [3.8, 4) is 17.2 Å². The van der Waals surface area contributed by atoms with Crippen LogP contribution in [0.4, 0.5) is 5.69 Å². The minimum Gasteiger partial charge on any atom is -0.490 e. The third kappa shape index (κ3) is 7.16. The quantitative estimate of drug-likeness (QED) is 0.173. The van der Waals surface area contributed by atoms with Crippen molar-refractivity contribution in [2.75, 3.05) is 13.2 Å². The molecule has 35 heavy (non-hydrogen) atoms. The first-order valence-corrected chi connectivity index (χ1v) is 10.8. The average molecular weight is 476 g/mol. The van der Waals surface area contributed by atoms with Gasteiger partial charge in [0.05, 0.1) is 17.7 Å². The Bertz CT molecular complexity index is 1210. The fourth-order valence-electron chi connectivity index (χ4n) is 3.00. The molecule has 9 nitrogen and oxygen atoms in total. The molecule has 0 aliphatic heterocycles. The summed E-state index contributed by atoms with van der Waals surface area (Å²) in [7, 11) is 0. The molecule has 0 aromatic heterocycles. The van der Waals surface area contributed by atoms with Crippen LogP contribution in [0.3, 0.4) is 0 Å². The molecule has 0 spiro atoms. The molecular formula is C26H25N3O6. The highest BCUT2D eigenvalue weighted by atomic mass is 16.6. The predicted octanol–water partition coefficient (Wildman–Crippen LogP) is 4.90. The molecule has 180 valence electrons. The maximum atomic E-state index is 12.6. The van der Waals surface area contributed by atoms with Crippen molar-refractivity contribution in [2.24, 2.45) is 5.10 Å². The first-order chi connectivity index (χ1) is 17.0. The molecule has 1 N–H and O–H groups in total. The van der Waals surface area contributed by atoms with Gasteiger partial charge in [-0.15, -0.1) is 0 Å². The molecule has 0 unspecified atom stereocenters. The molecule has 0 saturated carbocycles. The first-order valence-electron chi connectivity index (χ1n) is 10.8. The number of nitro groups is 1. The van der Waals surface area contributed by atoms with Gasteiger partial charge in [-0.05, 0) is 55.0 Å². The van der Waals surface area contributed by atoms with Crippen LogP contribution >= 0.6 is 0 Å². The minimum absolute atomic E-state index is 0.0179. The van der Waals surface area contributed by atoms with Crippen LogP contribution in [0.5, 0.6) is 17.2 Å². The number of ether oxygens (including phenoxy) is 3. The molecule has 0 fully saturated rings. The van der Waals surface area contributed by atoms with E-state index in [9.17, 15) is 14.9 Å². The number of amides is 1. The van der Waals surface area contributed by atoms with Crippen molar-refractivity contribution in [2.45, 2.75) is 13.5 Å². The highest BCUT2D eigenvalue weighted by molar-refractivity contribution is 5.95. The Morgan fingerprint density at radius 2 is 1.80 bits per heavy atom. The van der Waals surface area contributed by atoms with Crippen LogP contribution in [0, 0.1) is 10.1 Å². The lowest BCUT2D eigenvalue weighted by Crippen LogP contribution is -2.18. The Morgan fingerprint density at radius 3 is 2.51 bits per heavy atom. The summed E-state index contributed by atoms with van der Waals surface area (Å²) in [6.45, 7) is 6.42. The van der Waals surface area contributed by atoms with Gasteiger partial charge in [-0.2, -0.15) is 5.10 Å². The largest absolute Gasteiger partial charge is 0.490 e. The second-order valence-corrected chi connectivity index (χ2v) is 7.14. The second kappa shape index (κ2) is 12.5. The van der Waals surface area contributed by atoms with E-state index in [1.54, 1.807) is 48.5 Å². The number of hydrogen-bond donors (Lipinski definition) is 1. The van der Waals surface area contributed by atoms with Gasteiger partial charge in [0.1, 0.15) is 19.0 Å². The molecule has 0 aliphatic carbocycles. The van der Waals surface area contributed by atoms with Gasteiger partial charge in [-0.1, -0.05) is 24.8 Å². The topological polar surface area (TPSA) is 112 Å². The standard InChI is InChI=1S/C26H25N3O6/c1-3-15-34-24-14-11-20(16-25(24)33-4-2)26(30)28-27-17-21-7-5-6-8-23(21)35-18-19-9-12-22(13-10-19)29(31)32/h3,5-14,16-17H,1,4,15,18H2,2H3,(H,28,30)/b27-17+. The zero-order valence-electron chi connectivity index (χ0n) is 19.2. The summed E-state index contributed by atoms with van der Waals surface area (Å²) >= 11 is 0. The normalized spacial score (nSPS) is 10.5. The number of benzene rings is 3. The van der Waals surface area contributed by atoms with E-state index >= 15 is 0 Å².